The van der Waals surface area contributed by atoms with Gasteiger partial charge in [0.2, 0.25) is 5.91 Å². The molecular formula is C13H22N4O. The summed E-state index contributed by atoms with van der Waals surface area (Å²) in [5.41, 5.74) is 0. The molecule has 1 amide bonds. The smallest absolute Gasteiger partial charge is 0.222 e. The maximum absolute atomic E-state index is 11.5. The van der Waals surface area contributed by atoms with Gasteiger partial charge in [-0.1, -0.05) is 0 Å². The number of likely N-dealkylation sites (tertiary alicyclic amines) is 1. The van der Waals surface area contributed by atoms with Crippen LogP contribution in [0.25, 0.3) is 0 Å². The SMILES string of the molecule is C[C@@H](NCCN1CCCC1=O)[C@H](C)n1cccn1. The Labute approximate surface area is 108 Å². The molecule has 0 radical (unpaired) electrons. The van der Waals surface area contributed by atoms with Crippen molar-refractivity contribution in [3.05, 3.63) is 18.5 Å². The van der Waals surface area contributed by atoms with E-state index in [9.17, 15) is 4.79 Å². The topological polar surface area (TPSA) is 50.2 Å². The van der Waals surface area contributed by atoms with E-state index in [1.54, 1.807) is 6.20 Å². The molecule has 5 heteroatoms. The lowest BCUT2D eigenvalue weighted by Crippen LogP contribution is -2.39. The van der Waals surface area contributed by atoms with Gasteiger partial charge in [-0.25, -0.2) is 0 Å². The van der Waals surface area contributed by atoms with Gasteiger partial charge in [0.05, 0.1) is 6.04 Å². The fourth-order valence-electron chi connectivity index (χ4n) is 2.29. The number of nitrogens with one attached hydrogen (secondary N) is 1. The molecule has 0 unspecified atom stereocenters. The van der Waals surface area contributed by atoms with Gasteiger partial charge >= 0.3 is 0 Å². The van der Waals surface area contributed by atoms with Crippen LogP contribution in [0.5, 0.6) is 0 Å². The number of amides is 1. The van der Waals surface area contributed by atoms with E-state index in [1.807, 2.05) is 21.8 Å². The zero-order valence-corrected chi connectivity index (χ0v) is 11.2. The first-order valence-electron chi connectivity index (χ1n) is 6.69. The number of hydrogen-bond donors (Lipinski definition) is 1. The zero-order valence-electron chi connectivity index (χ0n) is 11.2. The largest absolute Gasteiger partial charge is 0.341 e. The number of nitrogens with zero attached hydrogens (tertiary/aromatic N) is 3. The molecule has 1 aliphatic heterocycles. The maximum Gasteiger partial charge on any atom is 0.222 e. The van der Waals surface area contributed by atoms with Gasteiger partial charge in [0.15, 0.2) is 0 Å². The molecule has 18 heavy (non-hydrogen) atoms. The van der Waals surface area contributed by atoms with Gasteiger partial charge in [0.1, 0.15) is 0 Å². The summed E-state index contributed by atoms with van der Waals surface area (Å²) in [5.74, 6) is 0.296. The van der Waals surface area contributed by atoms with E-state index < -0.39 is 0 Å². The number of hydrogen-bond acceptors (Lipinski definition) is 3. The number of carbonyl (C=O) groups is 1. The molecule has 0 saturated carbocycles. The first-order chi connectivity index (χ1) is 8.68. The van der Waals surface area contributed by atoms with Crippen LogP contribution in [0.15, 0.2) is 18.5 Å². The predicted octanol–water partition coefficient (Wildman–Crippen LogP) is 1.04. The Balaban J connectivity index is 1.71. The third kappa shape index (κ3) is 3.10. The second kappa shape index (κ2) is 6.00. The molecule has 0 aliphatic carbocycles. The molecule has 0 aromatic carbocycles. The predicted molar refractivity (Wildman–Crippen MR) is 70.2 cm³/mol. The van der Waals surface area contributed by atoms with E-state index in [0.29, 0.717) is 18.0 Å². The van der Waals surface area contributed by atoms with Crippen molar-refractivity contribution >= 4 is 5.91 Å². The molecule has 1 aromatic rings. The van der Waals surface area contributed by atoms with Crippen LogP contribution in [0.4, 0.5) is 0 Å². The Hall–Kier alpha value is -1.36. The Kier molecular flexibility index (Phi) is 4.36. The van der Waals surface area contributed by atoms with Crippen LogP contribution in [0.3, 0.4) is 0 Å². The molecule has 100 valence electrons. The van der Waals surface area contributed by atoms with Gasteiger partial charge in [-0.3, -0.25) is 9.48 Å². The molecule has 5 nitrogen and oxygen atoms in total. The molecular weight excluding hydrogens is 228 g/mol. The van der Waals surface area contributed by atoms with Crippen molar-refractivity contribution < 1.29 is 4.79 Å². The molecule has 1 aliphatic rings. The minimum atomic E-state index is 0.296. The monoisotopic (exact) mass is 250 g/mol. The Morgan fingerprint density at radius 1 is 1.50 bits per heavy atom. The first kappa shape index (κ1) is 13.1. The van der Waals surface area contributed by atoms with Crippen molar-refractivity contribution in [2.45, 2.75) is 38.8 Å². The van der Waals surface area contributed by atoms with Gasteiger partial charge in [-0.15, -0.1) is 0 Å². The van der Waals surface area contributed by atoms with E-state index in [2.05, 4.69) is 24.3 Å². The third-order valence-corrected chi connectivity index (χ3v) is 3.69. The van der Waals surface area contributed by atoms with Crippen molar-refractivity contribution in [2.75, 3.05) is 19.6 Å². The molecule has 1 N–H and O–H groups in total. The highest BCUT2D eigenvalue weighted by atomic mass is 16.2. The highest BCUT2D eigenvalue weighted by molar-refractivity contribution is 5.78. The van der Waals surface area contributed by atoms with E-state index in [1.165, 1.54) is 0 Å². The minimum absolute atomic E-state index is 0.296. The Morgan fingerprint density at radius 3 is 2.94 bits per heavy atom. The quantitative estimate of drug-likeness (QED) is 0.821. The lowest BCUT2D eigenvalue weighted by atomic mass is 10.2. The molecule has 2 atom stereocenters. The van der Waals surface area contributed by atoms with Crippen LogP contribution in [0, 0.1) is 0 Å². The minimum Gasteiger partial charge on any atom is -0.341 e. The molecule has 2 heterocycles. The highest BCUT2D eigenvalue weighted by Crippen LogP contribution is 2.10. The number of rotatable bonds is 6. The van der Waals surface area contributed by atoms with Crippen molar-refractivity contribution in [3.63, 3.8) is 0 Å². The lowest BCUT2D eigenvalue weighted by molar-refractivity contribution is -0.127. The van der Waals surface area contributed by atoms with E-state index in [-0.39, 0.29) is 0 Å². The summed E-state index contributed by atoms with van der Waals surface area (Å²) in [5, 5.41) is 7.71. The molecule has 1 aromatic heterocycles. The van der Waals surface area contributed by atoms with Gasteiger partial charge in [-0.2, -0.15) is 5.10 Å². The van der Waals surface area contributed by atoms with Crippen molar-refractivity contribution in [3.8, 4) is 0 Å². The summed E-state index contributed by atoms with van der Waals surface area (Å²) in [6.45, 7) is 6.88. The fraction of sp³-hybridized carbons (Fsp3) is 0.692. The summed E-state index contributed by atoms with van der Waals surface area (Å²) in [4.78, 5) is 13.4. The van der Waals surface area contributed by atoms with Gasteiger partial charge in [0, 0.05) is 44.5 Å². The van der Waals surface area contributed by atoms with E-state index >= 15 is 0 Å². The van der Waals surface area contributed by atoms with Crippen LogP contribution in [0.2, 0.25) is 0 Å². The van der Waals surface area contributed by atoms with Crippen molar-refractivity contribution in [1.82, 2.24) is 20.0 Å². The summed E-state index contributed by atoms with van der Waals surface area (Å²) in [7, 11) is 0. The van der Waals surface area contributed by atoms with Crippen molar-refractivity contribution in [2.24, 2.45) is 0 Å². The van der Waals surface area contributed by atoms with Gasteiger partial charge in [-0.05, 0) is 26.3 Å². The Bertz CT molecular complexity index is 376. The maximum atomic E-state index is 11.5. The van der Waals surface area contributed by atoms with E-state index in [0.717, 1.165) is 32.5 Å². The number of carbonyl (C=O) groups excluding carboxylic acids is 1. The summed E-state index contributed by atoms with van der Waals surface area (Å²) >= 11 is 0. The normalized spacial score (nSPS) is 19.2. The molecule has 1 saturated heterocycles. The van der Waals surface area contributed by atoms with Gasteiger partial charge < -0.3 is 10.2 Å². The second-order valence-electron chi connectivity index (χ2n) is 4.95. The standard InChI is InChI=1S/C13H22N4O/c1-11(12(2)17-9-4-6-15-17)14-7-10-16-8-3-5-13(16)18/h4,6,9,11-12,14H,3,5,7-8,10H2,1-2H3/t11-,12+/m1/s1. The van der Waals surface area contributed by atoms with Crippen LogP contribution in [-0.4, -0.2) is 46.3 Å². The third-order valence-electron chi connectivity index (χ3n) is 3.69. The average molecular weight is 250 g/mol. The molecule has 0 spiro atoms. The Morgan fingerprint density at radius 2 is 2.33 bits per heavy atom. The summed E-state index contributed by atoms with van der Waals surface area (Å²) in [6, 6.07) is 2.59. The first-order valence-corrected chi connectivity index (χ1v) is 6.69. The molecule has 1 fully saturated rings. The molecule has 2 rings (SSSR count). The van der Waals surface area contributed by atoms with Crippen molar-refractivity contribution in [1.29, 1.82) is 0 Å². The van der Waals surface area contributed by atoms with Crippen LogP contribution < -0.4 is 5.32 Å². The van der Waals surface area contributed by atoms with Gasteiger partial charge in [0.25, 0.3) is 0 Å². The summed E-state index contributed by atoms with van der Waals surface area (Å²) in [6.07, 6.45) is 5.51. The lowest BCUT2D eigenvalue weighted by Gasteiger charge is -2.23. The van der Waals surface area contributed by atoms with Crippen LogP contribution in [-0.2, 0) is 4.79 Å². The fourth-order valence-corrected chi connectivity index (χ4v) is 2.29. The average Bonchev–Trinajstić information content (AvgIpc) is 3.00. The zero-order chi connectivity index (χ0) is 13.0. The van der Waals surface area contributed by atoms with Crippen LogP contribution in [0.1, 0.15) is 32.7 Å². The number of aromatic nitrogens is 2. The molecule has 0 bridgehead atoms. The second-order valence-corrected chi connectivity index (χ2v) is 4.95. The van der Waals surface area contributed by atoms with Crippen LogP contribution >= 0.6 is 0 Å². The van der Waals surface area contributed by atoms with E-state index in [4.69, 9.17) is 0 Å². The highest BCUT2D eigenvalue weighted by Gasteiger charge is 2.20. The summed E-state index contributed by atoms with van der Waals surface area (Å²) < 4.78 is 1.96.